The average Bonchev–Trinajstić information content (AvgIpc) is 3.22. The molecule has 4 rings (SSSR count). The molecule has 0 unspecified atom stereocenters. The molecule has 1 heterocycles. The quantitative estimate of drug-likeness (QED) is 0.616. The van der Waals surface area contributed by atoms with Gasteiger partial charge in [0, 0.05) is 24.1 Å². The van der Waals surface area contributed by atoms with Crippen LogP contribution >= 0.6 is 0 Å². The van der Waals surface area contributed by atoms with E-state index in [2.05, 4.69) is 0 Å². The SMILES string of the molecule is O=C(CCc1ccccc1)c1ccc2c(c1)CC[C@@H]2N1C(=O)C=CC1=O. The van der Waals surface area contributed by atoms with Gasteiger partial charge in [0.15, 0.2) is 5.78 Å². The molecule has 0 saturated heterocycles. The maximum absolute atomic E-state index is 12.5. The molecule has 0 radical (unpaired) electrons. The first-order chi connectivity index (χ1) is 12.6. The average molecular weight is 345 g/mol. The number of carbonyl (C=O) groups excluding carboxylic acids is 3. The second-order valence-corrected chi connectivity index (χ2v) is 6.76. The zero-order valence-electron chi connectivity index (χ0n) is 14.4. The van der Waals surface area contributed by atoms with E-state index in [4.69, 9.17) is 0 Å². The molecular weight excluding hydrogens is 326 g/mol. The Hall–Kier alpha value is -3.01. The summed E-state index contributed by atoms with van der Waals surface area (Å²) in [6.07, 6.45) is 5.33. The summed E-state index contributed by atoms with van der Waals surface area (Å²) in [6.45, 7) is 0. The molecule has 1 atom stereocenters. The summed E-state index contributed by atoms with van der Waals surface area (Å²) in [6, 6.07) is 15.4. The maximum Gasteiger partial charge on any atom is 0.254 e. The Morgan fingerprint density at radius 2 is 1.73 bits per heavy atom. The van der Waals surface area contributed by atoms with Crippen LogP contribution in [0.4, 0.5) is 0 Å². The van der Waals surface area contributed by atoms with E-state index in [0.29, 0.717) is 12.0 Å². The van der Waals surface area contributed by atoms with Crippen LogP contribution in [-0.4, -0.2) is 22.5 Å². The molecule has 2 aromatic rings. The van der Waals surface area contributed by atoms with Gasteiger partial charge in [-0.3, -0.25) is 19.3 Å². The van der Waals surface area contributed by atoms with E-state index in [1.165, 1.54) is 17.1 Å². The summed E-state index contributed by atoms with van der Waals surface area (Å²) in [5.74, 6) is -0.387. The topological polar surface area (TPSA) is 54.5 Å². The molecule has 130 valence electrons. The second kappa shape index (κ2) is 6.71. The smallest absolute Gasteiger partial charge is 0.254 e. The van der Waals surface area contributed by atoms with Gasteiger partial charge in [-0.2, -0.15) is 0 Å². The van der Waals surface area contributed by atoms with Crippen LogP contribution in [0.3, 0.4) is 0 Å². The van der Waals surface area contributed by atoms with Crippen molar-refractivity contribution >= 4 is 17.6 Å². The molecule has 0 spiro atoms. The molecule has 0 bridgehead atoms. The van der Waals surface area contributed by atoms with E-state index in [0.717, 1.165) is 36.0 Å². The first-order valence-electron chi connectivity index (χ1n) is 8.88. The normalized spacial score (nSPS) is 18.5. The molecule has 4 heteroatoms. The van der Waals surface area contributed by atoms with Crippen molar-refractivity contribution < 1.29 is 14.4 Å². The number of nitrogens with zero attached hydrogens (tertiary/aromatic N) is 1. The van der Waals surface area contributed by atoms with Crippen LogP contribution in [0.25, 0.3) is 0 Å². The first kappa shape index (κ1) is 16.5. The summed E-state index contributed by atoms with van der Waals surface area (Å²) in [4.78, 5) is 37.7. The van der Waals surface area contributed by atoms with Gasteiger partial charge in [0.1, 0.15) is 0 Å². The molecule has 0 aromatic heterocycles. The lowest BCUT2D eigenvalue weighted by molar-refractivity contribution is -0.139. The van der Waals surface area contributed by atoms with Gasteiger partial charge >= 0.3 is 0 Å². The highest BCUT2D eigenvalue weighted by Crippen LogP contribution is 2.37. The number of carbonyl (C=O) groups is 3. The van der Waals surface area contributed by atoms with Gasteiger partial charge in [0.25, 0.3) is 11.8 Å². The number of imide groups is 1. The Balaban J connectivity index is 1.49. The highest BCUT2D eigenvalue weighted by molar-refractivity contribution is 6.13. The minimum atomic E-state index is -0.254. The van der Waals surface area contributed by atoms with Crippen LogP contribution < -0.4 is 0 Å². The van der Waals surface area contributed by atoms with E-state index in [1.54, 1.807) is 0 Å². The van der Waals surface area contributed by atoms with Gasteiger partial charge in [0.2, 0.25) is 0 Å². The number of rotatable bonds is 5. The van der Waals surface area contributed by atoms with Gasteiger partial charge in [-0.05, 0) is 42.0 Å². The molecule has 0 saturated carbocycles. The lowest BCUT2D eigenvalue weighted by atomic mass is 9.98. The minimum Gasteiger partial charge on any atom is -0.294 e. The summed E-state index contributed by atoms with van der Waals surface area (Å²) >= 11 is 0. The van der Waals surface area contributed by atoms with Gasteiger partial charge in [-0.15, -0.1) is 0 Å². The number of fused-ring (bicyclic) bond motifs is 1. The molecule has 0 N–H and O–H groups in total. The minimum absolute atomic E-state index is 0.120. The Kier molecular flexibility index (Phi) is 4.25. The zero-order valence-corrected chi connectivity index (χ0v) is 14.4. The second-order valence-electron chi connectivity index (χ2n) is 6.76. The first-order valence-corrected chi connectivity index (χ1v) is 8.88. The molecule has 2 aromatic carbocycles. The molecule has 0 fully saturated rings. The monoisotopic (exact) mass is 345 g/mol. The van der Waals surface area contributed by atoms with Crippen LogP contribution in [0.1, 0.15) is 45.9 Å². The highest BCUT2D eigenvalue weighted by Gasteiger charge is 2.36. The fourth-order valence-corrected chi connectivity index (χ4v) is 3.80. The van der Waals surface area contributed by atoms with Gasteiger partial charge in [0.05, 0.1) is 6.04 Å². The standard InChI is InChI=1S/C22H19NO3/c24-20(11-6-15-4-2-1-3-5-15)17-7-9-18-16(14-17)8-10-19(18)23-21(25)12-13-22(23)26/h1-5,7,9,12-14,19H,6,8,10-11H2/t19-/m0/s1. The highest BCUT2D eigenvalue weighted by atomic mass is 16.2. The predicted molar refractivity (Wildman–Crippen MR) is 97.6 cm³/mol. The van der Waals surface area contributed by atoms with Crippen molar-refractivity contribution in [2.24, 2.45) is 0 Å². The summed E-state index contributed by atoms with van der Waals surface area (Å²) in [7, 11) is 0. The summed E-state index contributed by atoms with van der Waals surface area (Å²) < 4.78 is 0. The van der Waals surface area contributed by atoms with Crippen molar-refractivity contribution in [1.29, 1.82) is 0 Å². The largest absolute Gasteiger partial charge is 0.294 e. The van der Waals surface area contributed by atoms with E-state index in [1.807, 2.05) is 48.5 Å². The molecular formula is C22H19NO3. The van der Waals surface area contributed by atoms with Crippen molar-refractivity contribution in [3.63, 3.8) is 0 Å². The van der Waals surface area contributed by atoms with Gasteiger partial charge in [-0.1, -0.05) is 42.5 Å². The summed E-state index contributed by atoms with van der Waals surface area (Å²) in [5.41, 5.74) is 3.90. The van der Waals surface area contributed by atoms with E-state index in [-0.39, 0.29) is 23.6 Å². The number of hydrogen-bond donors (Lipinski definition) is 0. The van der Waals surface area contributed by atoms with Crippen LogP contribution in [0.15, 0.2) is 60.7 Å². The summed E-state index contributed by atoms with van der Waals surface area (Å²) in [5, 5.41) is 0. The van der Waals surface area contributed by atoms with E-state index < -0.39 is 0 Å². The third-order valence-corrected chi connectivity index (χ3v) is 5.15. The Morgan fingerprint density at radius 3 is 2.46 bits per heavy atom. The lowest BCUT2D eigenvalue weighted by Crippen LogP contribution is -2.33. The molecule has 2 aliphatic rings. The third kappa shape index (κ3) is 2.99. The van der Waals surface area contributed by atoms with Crippen molar-refractivity contribution in [2.45, 2.75) is 31.7 Å². The van der Waals surface area contributed by atoms with Crippen molar-refractivity contribution in [1.82, 2.24) is 4.90 Å². The molecule has 1 aliphatic carbocycles. The molecule has 2 amide bonds. The molecule has 1 aliphatic heterocycles. The number of hydrogen-bond acceptors (Lipinski definition) is 3. The van der Waals surface area contributed by atoms with Crippen molar-refractivity contribution in [2.75, 3.05) is 0 Å². The zero-order chi connectivity index (χ0) is 18.1. The lowest BCUT2D eigenvalue weighted by Gasteiger charge is -2.22. The van der Waals surface area contributed by atoms with Crippen LogP contribution in [0.5, 0.6) is 0 Å². The van der Waals surface area contributed by atoms with Crippen LogP contribution in [-0.2, 0) is 22.4 Å². The Bertz CT molecular complexity index is 896. The van der Waals surface area contributed by atoms with Crippen molar-refractivity contribution in [3.8, 4) is 0 Å². The van der Waals surface area contributed by atoms with Crippen LogP contribution in [0.2, 0.25) is 0 Å². The van der Waals surface area contributed by atoms with E-state index >= 15 is 0 Å². The van der Waals surface area contributed by atoms with Gasteiger partial charge < -0.3 is 0 Å². The molecule has 26 heavy (non-hydrogen) atoms. The molecule has 4 nitrogen and oxygen atoms in total. The predicted octanol–water partition coefficient (Wildman–Crippen LogP) is 3.41. The number of aryl methyl sites for hydroxylation is 2. The fraction of sp³-hybridized carbons (Fsp3) is 0.227. The number of Topliss-reactive ketones (excluding diaryl/α,β-unsaturated/α-hetero) is 1. The van der Waals surface area contributed by atoms with Crippen LogP contribution in [0, 0.1) is 0 Å². The Morgan fingerprint density at radius 1 is 1.00 bits per heavy atom. The van der Waals surface area contributed by atoms with Gasteiger partial charge in [-0.25, -0.2) is 0 Å². The van der Waals surface area contributed by atoms with Crippen molar-refractivity contribution in [3.05, 3.63) is 82.9 Å². The number of amides is 2. The number of benzene rings is 2. The maximum atomic E-state index is 12.5. The Labute approximate surface area is 152 Å². The number of ketones is 1. The third-order valence-electron chi connectivity index (χ3n) is 5.15. The fourth-order valence-electron chi connectivity index (χ4n) is 3.80. The van der Waals surface area contributed by atoms with E-state index in [9.17, 15) is 14.4 Å².